The molecule has 0 bridgehead atoms. The maximum absolute atomic E-state index is 9.92. The van der Waals surface area contributed by atoms with Crippen LogP contribution < -0.4 is 10.5 Å². The number of ether oxygens (including phenoxy) is 1. The van der Waals surface area contributed by atoms with E-state index in [1.165, 1.54) is 6.20 Å². The van der Waals surface area contributed by atoms with Crippen molar-refractivity contribution < 1.29 is 9.84 Å². The highest BCUT2D eigenvalue weighted by atomic mass is 16.5. The van der Waals surface area contributed by atoms with E-state index in [-0.39, 0.29) is 17.9 Å². The van der Waals surface area contributed by atoms with Crippen molar-refractivity contribution in [3.05, 3.63) is 23.9 Å². The minimum Gasteiger partial charge on any atom is -0.474 e. The summed E-state index contributed by atoms with van der Waals surface area (Å²) in [4.78, 5) is 3.95. The Bertz CT molecular complexity index is 435. The molecule has 3 N–H and O–H groups in total. The maximum atomic E-state index is 9.92. The molecule has 1 unspecified atom stereocenters. The van der Waals surface area contributed by atoms with Crippen molar-refractivity contribution in [3.8, 4) is 11.9 Å². The van der Waals surface area contributed by atoms with Crippen LogP contribution in [-0.4, -0.2) is 28.8 Å². The number of aliphatic hydroxyl groups excluding tert-OH is 1. The van der Waals surface area contributed by atoms with Gasteiger partial charge in [0.1, 0.15) is 24.3 Å². The summed E-state index contributed by atoms with van der Waals surface area (Å²) >= 11 is 0. The monoisotopic (exact) mass is 249 g/mol. The lowest BCUT2D eigenvalue weighted by atomic mass is 9.84. The minimum absolute atomic E-state index is 0.0180. The average molecular weight is 249 g/mol. The zero-order valence-corrected chi connectivity index (χ0v) is 10.9. The van der Waals surface area contributed by atoms with E-state index >= 15 is 0 Å². The van der Waals surface area contributed by atoms with Crippen LogP contribution in [0.4, 0.5) is 0 Å². The topological polar surface area (TPSA) is 92.2 Å². The predicted molar refractivity (Wildman–Crippen MR) is 67.9 cm³/mol. The molecule has 0 aromatic carbocycles. The van der Waals surface area contributed by atoms with E-state index in [0.717, 1.165) is 0 Å². The molecule has 1 heterocycles. The Morgan fingerprint density at radius 2 is 2.22 bits per heavy atom. The number of nitrogens with zero attached hydrogens (tertiary/aromatic N) is 2. The molecule has 1 rings (SSSR count). The Labute approximate surface area is 107 Å². The number of nitriles is 1. The summed E-state index contributed by atoms with van der Waals surface area (Å²) in [6, 6.07) is 4.83. The average Bonchev–Trinajstić information content (AvgIpc) is 2.34. The van der Waals surface area contributed by atoms with Gasteiger partial charge in [0, 0.05) is 12.2 Å². The molecule has 0 saturated heterocycles. The Hall–Kier alpha value is -1.64. The highest BCUT2D eigenvalue weighted by molar-refractivity contribution is 5.36. The molecule has 0 radical (unpaired) electrons. The maximum Gasteiger partial charge on any atom is 0.231 e. The van der Waals surface area contributed by atoms with Gasteiger partial charge in [-0.1, -0.05) is 20.8 Å². The van der Waals surface area contributed by atoms with Gasteiger partial charge in [0.15, 0.2) is 0 Å². The summed E-state index contributed by atoms with van der Waals surface area (Å²) in [7, 11) is 0. The second-order valence-corrected chi connectivity index (χ2v) is 5.24. The number of nitrogens with two attached hydrogens (primary N) is 1. The third-order valence-corrected chi connectivity index (χ3v) is 2.70. The highest BCUT2D eigenvalue weighted by Gasteiger charge is 2.28. The van der Waals surface area contributed by atoms with Gasteiger partial charge in [-0.15, -0.1) is 0 Å². The van der Waals surface area contributed by atoms with Crippen molar-refractivity contribution >= 4 is 0 Å². The van der Waals surface area contributed by atoms with Crippen molar-refractivity contribution in [3.63, 3.8) is 0 Å². The first-order chi connectivity index (χ1) is 8.36. The molecule has 98 valence electrons. The van der Waals surface area contributed by atoms with Gasteiger partial charge in [-0.2, -0.15) is 5.26 Å². The number of aromatic nitrogens is 1. The molecule has 5 heteroatoms. The second kappa shape index (κ2) is 5.80. The first-order valence-corrected chi connectivity index (χ1v) is 5.78. The molecule has 0 aliphatic rings. The van der Waals surface area contributed by atoms with Crippen LogP contribution in [0, 0.1) is 16.7 Å². The predicted octanol–water partition coefficient (Wildman–Crippen LogP) is 1.07. The summed E-state index contributed by atoms with van der Waals surface area (Å²) in [5, 5.41) is 18.8. The summed E-state index contributed by atoms with van der Waals surface area (Å²) in [5.74, 6) is 0.222. The molecule has 2 atom stereocenters. The molecule has 0 fully saturated rings. The van der Waals surface area contributed by atoms with Crippen LogP contribution in [-0.2, 0) is 0 Å². The largest absolute Gasteiger partial charge is 0.474 e. The van der Waals surface area contributed by atoms with E-state index in [2.05, 4.69) is 4.98 Å². The highest BCUT2D eigenvalue weighted by Crippen LogP contribution is 2.21. The van der Waals surface area contributed by atoms with Crippen LogP contribution in [0.25, 0.3) is 0 Å². The van der Waals surface area contributed by atoms with Crippen molar-refractivity contribution in [1.29, 1.82) is 5.26 Å². The molecule has 1 aromatic rings. The lowest BCUT2D eigenvalue weighted by Crippen LogP contribution is -2.47. The van der Waals surface area contributed by atoms with Crippen molar-refractivity contribution in [2.24, 2.45) is 11.1 Å². The molecule has 0 aliphatic carbocycles. The molecule has 18 heavy (non-hydrogen) atoms. The van der Waals surface area contributed by atoms with Gasteiger partial charge in [0.05, 0.1) is 0 Å². The molecular formula is C13H19N3O2. The van der Waals surface area contributed by atoms with E-state index in [0.29, 0.717) is 5.56 Å². The number of pyridine rings is 1. The fraction of sp³-hybridized carbons (Fsp3) is 0.538. The summed E-state index contributed by atoms with van der Waals surface area (Å²) in [5.41, 5.74) is 6.04. The molecular weight excluding hydrogens is 230 g/mol. The minimum atomic E-state index is -0.807. The Morgan fingerprint density at radius 1 is 1.56 bits per heavy atom. The summed E-state index contributed by atoms with van der Waals surface area (Å²) in [6.07, 6.45) is 0.727. The van der Waals surface area contributed by atoms with Crippen LogP contribution in [0.5, 0.6) is 5.88 Å². The summed E-state index contributed by atoms with van der Waals surface area (Å²) in [6.45, 7) is 5.86. The quantitative estimate of drug-likeness (QED) is 0.832. The standard InChI is InChI=1S/C13H19N3O2/c1-13(2,3)11(15)10(17)8-18-12-9(7-14)5-4-6-16-12/h4-6,10-11,17H,8,15H2,1-3H3/t10-,11?/m0/s1. The van der Waals surface area contributed by atoms with Crippen molar-refractivity contribution in [2.75, 3.05) is 6.61 Å². The van der Waals surface area contributed by atoms with Gasteiger partial charge in [0.25, 0.3) is 0 Å². The van der Waals surface area contributed by atoms with Gasteiger partial charge in [-0.05, 0) is 17.5 Å². The zero-order chi connectivity index (χ0) is 13.8. The fourth-order valence-electron chi connectivity index (χ4n) is 1.44. The van der Waals surface area contributed by atoms with Crippen LogP contribution in [0.15, 0.2) is 18.3 Å². The molecule has 1 aromatic heterocycles. The Balaban J connectivity index is 2.63. The molecule has 0 saturated carbocycles. The van der Waals surface area contributed by atoms with Crippen LogP contribution in [0.3, 0.4) is 0 Å². The molecule has 5 nitrogen and oxygen atoms in total. The third kappa shape index (κ3) is 3.69. The number of hydrogen-bond donors (Lipinski definition) is 2. The van der Waals surface area contributed by atoms with Gasteiger partial charge in [-0.25, -0.2) is 4.98 Å². The number of hydrogen-bond acceptors (Lipinski definition) is 5. The lowest BCUT2D eigenvalue weighted by molar-refractivity contribution is 0.0479. The number of aliphatic hydroxyl groups is 1. The lowest BCUT2D eigenvalue weighted by Gasteiger charge is -2.30. The van der Waals surface area contributed by atoms with Crippen molar-refractivity contribution in [2.45, 2.75) is 32.9 Å². The van der Waals surface area contributed by atoms with Crippen LogP contribution in [0.1, 0.15) is 26.3 Å². The molecule has 0 aliphatic heterocycles. The van der Waals surface area contributed by atoms with E-state index in [1.807, 2.05) is 26.8 Å². The smallest absolute Gasteiger partial charge is 0.231 e. The first kappa shape index (κ1) is 14.4. The van der Waals surface area contributed by atoms with Gasteiger partial charge < -0.3 is 15.6 Å². The van der Waals surface area contributed by atoms with E-state index in [9.17, 15) is 5.11 Å². The first-order valence-electron chi connectivity index (χ1n) is 5.78. The van der Waals surface area contributed by atoms with Gasteiger partial charge in [-0.3, -0.25) is 0 Å². The van der Waals surface area contributed by atoms with E-state index in [1.54, 1.807) is 12.1 Å². The van der Waals surface area contributed by atoms with Gasteiger partial charge >= 0.3 is 0 Å². The van der Waals surface area contributed by atoms with Gasteiger partial charge in [0.2, 0.25) is 5.88 Å². The Kier molecular flexibility index (Phi) is 4.65. The SMILES string of the molecule is CC(C)(C)C(N)[C@@H](O)COc1ncccc1C#N. The summed E-state index contributed by atoms with van der Waals surface area (Å²) < 4.78 is 5.34. The van der Waals surface area contributed by atoms with Crippen molar-refractivity contribution in [1.82, 2.24) is 4.98 Å². The van der Waals surface area contributed by atoms with Crippen LogP contribution >= 0.6 is 0 Å². The zero-order valence-electron chi connectivity index (χ0n) is 10.9. The normalized spacial score (nSPS) is 14.7. The second-order valence-electron chi connectivity index (χ2n) is 5.24. The Morgan fingerprint density at radius 3 is 2.78 bits per heavy atom. The third-order valence-electron chi connectivity index (χ3n) is 2.70. The molecule has 0 amide bonds. The van der Waals surface area contributed by atoms with E-state index < -0.39 is 12.1 Å². The fourth-order valence-corrected chi connectivity index (χ4v) is 1.44. The van der Waals surface area contributed by atoms with Crippen LogP contribution in [0.2, 0.25) is 0 Å². The van der Waals surface area contributed by atoms with E-state index in [4.69, 9.17) is 15.7 Å². The molecule has 0 spiro atoms. The number of rotatable bonds is 4.